The van der Waals surface area contributed by atoms with E-state index in [4.69, 9.17) is 22.6 Å². The van der Waals surface area contributed by atoms with Crippen LogP contribution >= 0.6 is 11.6 Å². The molecule has 1 fully saturated rings. The van der Waals surface area contributed by atoms with Crippen LogP contribution in [0.25, 0.3) is 0 Å². The second-order valence-corrected chi connectivity index (χ2v) is 7.65. The van der Waals surface area contributed by atoms with Gasteiger partial charge in [0, 0.05) is 12.1 Å². The number of nitrogens with zero attached hydrogens (tertiary/aromatic N) is 1. The molecule has 3 N–H and O–H groups in total. The lowest BCUT2D eigenvalue weighted by Gasteiger charge is -2.33. The van der Waals surface area contributed by atoms with Crippen molar-refractivity contribution in [3.63, 3.8) is 0 Å². The van der Waals surface area contributed by atoms with Crippen LogP contribution in [-0.2, 0) is 10.0 Å². The quantitative estimate of drug-likeness (QED) is 0.885. The van der Waals surface area contributed by atoms with E-state index in [0.29, 0.717) is 0 Å². The van der Waals surface area contributed by atoms with E-state index in [1.54, 1.807) is 0 Å². The smallest absolute Gasteiger partial charge is 0.242 e. The summed E-state index contributed by atoms with van der Waals surface area (Å²) in [6.45, 7) is 0.183. The monoisotopic (exact) mass is 327 g/mol. The predicted octanol–water partition coefficient (Wildman–Crippen LogP) is 2.15. The zero-order chi connectivity index (χ0) is 15.5. The van der Waals surface area contributed by atoms with E-state index >= 15 is 0 Å². The van der Waals surface area contributed by atoms with Crippen molar-refractivity contribution in [1.82, 2.24) is 4.72 Å². The number of hydrogen-bond acceptors (Lipinski definition) is 4. The Labute approximate surface area is 130 Å². The minimum Gasteiger partial charge on any atom is -0.324 e. The summed E-state index contributed by atoms with van der Waals surface area (Å²) in [6, 6.07) is 6.07. The lowest BCUT2D eigenvalue weighted by Crippen LogP contribution is -2.51. The molecule has 0 saturated heterocycles. The number of nitrogens with two attached hydrogens (primary N) is 1. The van der Waals surface area contributed by atoms with Crippen molar-refractivity contribution < 1.29 is 8.42 Å². The van der Waals surface area contributed by atoms with Crippen molar-refractivity contribution in [2.45, 2.75) is 42.5 Å². The van der Waals surface area contributed by atoms with Gasteiger partial charge in [-0.1, -0.05) is 30.9 Å². The average Bonchev–Trinajstić information content (AvgIpc) is 2.47. The van der Waals surface area contributed by atoms with E-state index < -0.39 is 15.6 Å². The van der Waals surface area contributed by atoms with Crippen molar-refractivity contribution in [1.29, 1.82) is 5.26 Å². The van der Waals surface area contributed by atoms with Crippen molar-refractivity contribution >= 4 is 21.6 Å². The number of nitriles is 1. The Morgan fingerprint density at radius 1 is 1.33 bits per heavy atom. The van der Waals surface area contributed by atoms with Crippen molar-refractivity contribution in [2.75, 3.05) is 6.54 Å². The highest BCUT2D eigenvalue weighted by molar-refractivity contribution is 7.89. The molecule has 1 aliphatic rings. The lowest BCUT2D eigenvalue weighted by molar-refractivity contribution is 0.296. The van der Waals surface area contributed by atoms with Gasteiger partial charge in [0.15, 0.2) is 0 Å². The molecule has 0 spiro atoms. The average molecular weight is 328 g/mol. The molecule has 114 valence electrons. The van der Waals surface area contributed by atoms with Crippen molar-refractivity contribution in [2.24, 2.45) is 5.73 Å². The van der Waals surface area contributed by atoms with Gasteiger partial charge in [0.05, 0.1) is 16.7 Å². The standard InChI is InChI=1S/C14H18ClN3O2S/c15-12-5-4-11(9-16)8-13(12)21(19,20)18-10-14(17)6-2-1-3-7-14/h4-5,8,18H,1-3,6-7,10,17H2. The Bertz CT molecular complexity index is 661. The second-order valence-electron chi connectivity index (χ2n) is 5.50. The van der Waals surface area contributed by atoms with E-state index in [9.17, 15) is 8.42 Å². The predicted molar refractivity (Wildman–Crippen MR) is 81.4 cm³/mol. The molecule has 7 heteroatoms. The van der Waals surface area contributed by atoms with E-state index in [1.807, 2.05) is 6.07 Å². The fourth-order valence-corrected chi connectivity index (χ4v) is 4.19. The van der Waals surface area contributed by atoms with Gasteiger partial charge in [-0.15, -0.1) is 0 Å². The van der Waals surface area contributed by atoms with Crippen LogP contribution in [0.5, 0.6) is 0 Å². The van der Waals surface area contributed by atoms with Crippen LogP contribution in [0.1, 0.15) is 37.7 Å². The maximum atomic E-state index is 12.3. The summed E-state index contributed by atoms with van der Waals surface area (Å²) in [6.07, 6.45) is 4.79. The van der Waals surface area contributed by atoms with Gasteiger partial charge in [-0.2, -0.15) is 5.26 Å². The van der Waals surface area contributed by atoms with Gasteiger partial charge in [0.25, 0.3) is 0 Å². The largest absolute Gasteiger partial charge is 0.324 e. The summed E-state index contributed by atoms with van der Waals surface area (Å²) in [4.78, 5) is -0.0809. The van der Waals surface area contributed by atoms with Crippen LogP contribution in [0.3, 0.4) is 0 Å². The van der Waals surface area contributed by atoms with E-state index in [1.165, 1.54) is 18.2 Å². The first-order valence-electron chi connectivity index (χ1n) is 6.85. The number of sulfonamides is 1. The third-order valence-electron chi connectivity index (χ3n) is 3.81. The van der Waals surface area contributed by atoms with E-state index in [-0.39, 0.29) is 22.0 Å². The molecule has 1 aromatic rings. The summed E-state index contributed by atoms with van der Waals surface area (Å²) < 4.78 is 27.2. The first-order chi connectivity index (χ1) is 9.86. The fourth-order valence-electron chi connectivity index (χ4n) is 2.53. The minimum absolute atomic E-state index is 0.0809. The molecule has 0 aromatic heterocycles. The van der Waals surface area contributed by atoms with Gasteiger partial charge in [-0.3, -0.25) is 0 Å². The number of benzene rings is 1. The first kappa shape index (κ1) is 16.2. The molecule has 1 aliphatic carbocycles. The highest BCUT2D eigenvalue weighted by atomic mass is 35.5. The summed E-state index contributed by atoms with van der Waals surface area (Å²) >= 11 is 5.93. The Hall–Kier alpha value is -1.13. The van der Waals surface area contributed by atoms with Crippen molar-refractivity contribution in [3.05, 3.63) is 28.8 Å². The molecule has 21 heavy (non-hydrogen) atoms. The maximum absolute atomic E-state index is 12.3. The maximum Gasteiger partial charge on any atom is 0.242 e. The third kappa shape index (κ3) is 3.95. The zero-order valence-corrected chi connectivity index (χ0v) is 13.2. The van der Waals surface area contributed by atoms with Gasteiger partial charge in [-0.05, 0) is 31.0 Å². The van der Waals surface area contributed by atoms with Crippen LogP contribution < -0.4 is 10.5 Å². The Balaban J connectivity index is 2.17. The lowest BCUT2D eigenvalue weighted by atomic mass is 9.83. The van der Waals surface area contributed by atoms with Crippen LogP contribution in [0.2, 0.25) is 5.02 Å². The number of rotatable bonds is 4. The summed E-state index contributed by atoms with van der Waals surface area (Å²) in [5.74, 6) is 0. The molecule has 2 rings (SSSR count). The van der Waals surface area contributed by atoms with E-state index in [0.717, 1.165) is 32.1 Å². The van der Waals surface area contributed by atoms with Crippen molar-refractivity contribution in [3.8, 4) is 6.07 Å². The Morgan fingerprint density at radius 3 is 2.62 bits per heavy atom. The zero-order valence-electron chi connectivity index (χ0n) is 11.6. The number of hydrogen-bond donors (Lipinski definition) is 2. The highest BCUT2D eigenvalue weighted by Crippen LogP contribution is 2.27. The minimum atomic E-state index is -3.77. The SMILES string of the molecule is N#Cc1ccc(Cl)c(S(=O)(=O)NCC2(N)CCCCC2)c1. The molecule has 5 nitrogen and oxygen atoms in total. The van der Waals surface area contributed by atoms with Gasteiger partial charge >= 0.3 is 0 Å². The second kappa shape index (κ2) is 6.32. The summed E-state index contributed by atoms with van der Waals surface area (Å²) in [5.41, 5.74) is 5.98. The van der Waals surface area contributed by atoms with Gasteiger partial charge in [0.2, 0.25) is 10.0 Å². The molecule has 0 radical (unpaired) electrons. The normalized spacial score (nSPS) is 18.1. The van der Waals surface area contributed by atoms with Crippen LogP contribution in [0.4, 0.5) is 0 Å². The molecule has 0 atom stereocenters. The number of nitrogens with one attached hydrogen (secondary N) is 1. The molecular formula is C14H18ClN3O2S. The van der Waals surface area contributed by atoms with Crippen LogP contribution in [-0.4, -0.2) is 20.5 Å². The van der Waals surface area contributed by atoms with E-state index in [2.05, 4.69) is 4.72 Å². The Morgan fingerprint density at radius 2 is 2.00 bits per heavy atom. The van der Waals surface area contributed by atoms with Crippen LogP contribution in [0, 0.1) is 11.3 Å². The molecule has 0 heterocycles. The number of halogens is 1. The molecule has 0 unspecified atom stereocenters. The molecular weight excluding hydrogens is 310 g/mol. The fraction of sp³-hybridized carbons (Fsp3) is 0.500. The molecule has 1 saturated carbocycles. The molecule has 1 aromatic carbocycles. The molecule has 0 bridgehead atoms. The topological polar surface area (TPSA) is 96.0 Å². The Kier molecular flexibility index (Phi) is 4.89. The van der Waals surface area contributed by atoms with Gasteiger partial charge in [0.1, 0.15) is 4.90 Å². The summed E-state index contributed by atoms with van der Waals surface area (Å²) in [5, 5.41) is 8.96. The van der Waals surface area contributed by atoms with Gasteiger partial charge < -0.3 is 5.73 Å². The first-order valence-corrected chi connectivity index (χ1v) is 8.71. The van der Waals surface area contributed by atoms with Gasteiger partial charge in [-0.25, -0.2) is 13.1 Å². The highest BCUT2D eigenvalue weighted by Gasteiger charge is 2.30. The van der Waals surface area contributed by atoms with Crippen LogP contribution in [0.15, 0.2) is 23.1 Å². The summed E-state index contributed by atoms with van der Waals surface area (Å²) in [7, 11) is -3.77. The third-order valence-corrected chi connectivity index (χ3v) is 5.70. The molecule has 0 amide bonds. The molecule has 0 aliphatic heterocycles.